The second-order valence-corrected chi connectivity index (χ2v) is 2.94. The normalized spacial score (nSPS) is 21.0. The van der Waals surface area contributed by atoms with Crippen LogP contribution in [0, 0.1) is 0 Å². The van der Waals surface area contributed by atoms with Crippen molar-refractivity contribution < 1.29 is 17.9 Å². The maximum atomic E-state index is 12.4. The molecule has 0 spiro atoms. The van der Waals surface area contributed by atoms with Crippen LogP contribution >= 0.6 is 0 Å². The molecular weight excluding hydrogens is 181 g/mol. The molecule has 1 unspecified atom stereocenters. The van der Waals surface area contributed by atoms with Gasteiger partial charge in [0.1, 0.15) is 18.3 Å². The van der Waals surface area contributed by atoms with Crippen molar-refractivity contribution in [1.82, 2.24) is 0 Å². The van der Waals surface area contributed by atoms with Gasteiger partial charge in [0.15, 0.2) is 0 Å². The van der Waals surface area contributed by atoms with Crippen LogP contribution in [0.25, 0.3) is 0 Å². The molecule has 13 heavy (non-hydrogen) atoms. The van der Waals surface area contributed by atoms with E-state index in [1.165, 1.54) is 6.07 Å². The number of rotatable bonds is 0. The highest BCUT2D eigenvalue weighted by Crippen LogP contribution is 2.43. The first-order valence-corrected chi connectivity index (χ1v) is 3.87. The van der Waals surface area contributed by atoms with E-state index in [-0.39, 0.29) is 12.2 Å². The molecule has 1 atom stereocenters. The average molecular weight is 188 g/mol. The predicted octanol–water partition coefficient (Wildman–Crippen LogP) is 2.72. The third-order valence-electron chi connectivity index (χ3n) is 2.10. The Kier molecular flexibility index (Phi) is 1.71. The summed E-state index contributed by atoms with van der Waals surface area (Å²) in [4.78, 5) is 0. The quantitative estimate of drug-likeness (QED) is 0.608. The van der Waals surface area contributed by atoms with E-state index in [2.05, 4.69) is 0 Å². The number of halogens is 3. The van der Waals surface area contributed by atoms with Crippen molar-refractivity contribution in [3.8, 4) is 5.75 Å². The molecule has 0 fully saturated rings. The topological polar surface area (TPSA) is 9.23 Å². The Labute approximate surface area is 73.1 Å². The van der Waals surface area contributed by atoms with Crippen LogP contribution in [-0.4, -0.2) is 12.8 Å². The Bertz CT molecular complexity index is 319. The fraction of sp³-hybridized carbons (Fsp3) is 0.333. The maximum Gasteiger partial charge on any atom is 0.399 e. The van der Waals surface area contributed by atoms with Crippen LogP contribution in [0.2, 0.25) is 0 Å². The third-order valence-corrected chi connectivity index (χ3v) is 2.10. The first-order valence-electron chi connectivity index (χ1n) is 3.87. The second kappa shape index (κ2) is 2.65. The van der Waals surface area contributed by atoms with Gasteiger partial charge in [0, 0.05) is 5.56 Å². The Morgan fingerprint density at radius 3 is 2.62 bits per heavy atom. The van der Waals surface area contributed by atoms with Gasteiger partial charge in [-0.3, -0.25) is 0 Å². The van der Waals surface area contributed by atoms with Gasteiger partial charge in [-0.1, -0.05) is 18.2 Å². The molecule has 1 aromatic rings. The summed E-state index contributed by atoms with van der Waals surface area (Å²) in [6.45, 7) is -0.289. The standard InChI is InChI=1S/C9H7F3O/c10-9(11,12)7-5-13-8-4-2-1-3-6(7)8/h1-4,7H,5H2. The van der Waals surface area contributed by atoms with Crippen molar-refractivity contribution in [2.75, 3.05) is 6.61 Å². The predicted molar refractivity (Wildman–Crippen MR) is 40.7 cm³/mol. The first-order chi connectivity index (χ1) is 6.09. The number of alkyl halides is 3. The van der Waals surface area contributed by atoms with Gasteiger partial charge >= 0.3 is 6.18 Å². The molecule has 1 heterocycles. The summed E-state index contributed by atoms with van der Waals surface area (Å²) in [5.74, 6) is -1.10. The SMILES string of the molecule is FC(F)(F)C1COc2ccccc21. The molecule has 0 aromatic heterocycles. The van der Waals surface area contributed by atoms with Gasteiger partial charge in [0.05, 0.1) is 0 Å². The van der Waals surface area contributed by atoms with Gasteiger partial charge in [0.2, 0.25) is 0 Å². The van der Waals surface area contributed by atoms with Crippen molar-refractivity contribution in [3.63, 3.8) is 0 Å². The van der Waals surface area contributed by atoms with Crippen LogP contribution in [0.15, 0.2) is 24.3 Å². The van der Waals surface area contributed by atoms with Crippen LogP contribution in [0.4, 0.5) is 13.2 Å². The van der Waals surface area contributed by atoms with Gasteiger partial charge in [-0.2, -0.15) is 13.2 Å². The Morgan fingerprint density at radius 1 is 1.23 bits per heavy atom. The molecule has 1 aliphatic rings. The maximum absolute atomic E-state index is 12.4. The molecule has 1 aliphatic heterocycles. The highest BCUT2D eigenvalue weighted by atomic mass is 19.4. The highest BCUT2D eigenvalue weighted by Gasteiger charge is 2.45. The lowest BCUT2D eigenvalue weighted by atomic mass is 10.0. The van der Waals surface area contributed by atoms with E-state index >= 15 is 0 Å². The molecule has 0 N–H and O–H groups in total. The van der Waals surface area contributed by atoms with Crippen molar-refractivity contribution >= 4 is 0 Å². The Hall–Kier alpha value is -1.19. The fourth-order valence-electron chi connectivity index (χ4n) is 1.43. The van der Waals surface area contributed by atoms with Gasteiger partial charge in [-0.25, -0.2) is 0 Å². The van der Waals surface area contributed by atoms with Crippen LogP contribution < -0.4 is 4.74 Å². The summed E-state index contributed by atoms with van der Waals surface area (Å²) in [6.07, 6.45) is -4.20. The number of benzene rings is 1. The van der Waals surface area contributed by atoms with Crippen LogP contribution in [0.5, 0.6) is 5.75 Å². The number of para-hydroxylation sites is 1. The van der Waals surface area contributed by atoms with E-state index in [4.69, 9.17) is 4.74 Å². The van der Waals surface area contributed by atoms with E-state index in [0.717, 1.165) is 0 Å². The lowest BCUT2D eigenvalue weighted by molar-refractivity contribution is -0.151. The molecule has 0 saturated carbocycles. The van der Waals surface area contributed by atoms with Gasteiger partial charge in [-0.15, -0.1) is 0 Å². The summed E-state index contributed by atoms with van der Waals surface area (Å²) in [5, 5.41) is 0. The van der Waals surface area contributed by atoms with E-state index in [9.17, 15) is 13.2 Å². The molecule has 2 rings (SSSR count). The van der Waals surface area contributed by atoms with Crippen LogP contribution in [0.3, 0.4) is 0 Å². The van der Waals surface area contributed by atoms with Crippen LogP contribution in [-0.2, 0) is 0 Å². The number of fused-ring (bicyclic) bond motifs is 1. The summed E-state index contributed by atoms with van der Waals surface area (Å²) < 4.78 is 42.0. The zero-order valence-electron chi connectivity index (χ0n) is 6.64. The highest BCUT2D eigenvalue weighted by molar-refractivity contribution is 5.40. The summed E-state index contributed by atoms with van der Waals surface area (Å²) in [5.41, 5.74) is 0.245. The number of hydrogen-bond acceptors (Lipinski definition) is 1. The minimum absolute atomic E-state index is 0.245. The fourth-order valence-corrected chi connectivity index (χ4v) is 1.43. The minimum Gasteiger partial charge on any atom is -0.492 e. The Balaban J connectivity index is 2.39. The number of ether oxygens (including phenoxy) is 1. The zero-order chi connectivity index (χ0) is 9.47. The molecule has 0 amide bonds. The molecule has 1 nitrogen and oxygen atoms in total. The third kappa shape index (κ3) is 1.36. The lowest BCUT2D eigenvalue weighted by Crippen LogP contribution is -2.21. The molecule has 0 aliphatic carbocycles. The van der Waals surface area contributed by atoms with E-state index < -0.39 is 12.1 Å². The van der Waals surface area contributed by atoms with Crippen molar-refractivity contribution in [3.05, 3.63) is 29.8 Å². The zero-order valence-corrected chi connectivity index (χ0v) is 6.64. The summed E-state index contributed by atoms with van der Waals surface area (Å²) in [6, 6.07) is 6.27. The largest absolute Gasteiger partial charge is 0.492 e. The average Bonchev–Trinajstić information content (AvgIpc) is 2.45. The van der Waals surface area contributed by atoms with Crippen molar-refractivity contribution in [2.24, 2.45) is 0 Å². The summed E-state index contributed by atoms with van der Waals surface area (Å²) in [7, 11) is 0. The molecule has 70 valence electrons. The van der Waals surface area contributed by atoms with E-state index in [1.807, 2.05) is 0 Å². The first kappa shape index (κ1) is 8.41. The van der Waals surface area contributed by atoms with Crippen molar-refractivity contribution in [2.45, 2.75) is 12.1 Å². The summed E-state index contributed by atoms with van der Waals surface area (Å²) >= 11 is 0. The molecule has 1 aromatic carbocycles. The second-order valence-electron chi connectivity index (χ2n) is 2.94. The van der Waals surface area contributed by atoms with Gasteiger partial charge in [0.25, 0.3) is 0 Å². The van der Waals surface area contributed by atoms with Crippen molar-refractivity contribution in [1.29, 1.82) is 0 Å². The smallest absolute Gasteiger partial charge is 0.399 e. The van der Waals surface area contributed by atoms with E-state index in [0.29, 0.717) is 5.75 Å². The molecule has 0 saturated heterocycles. The number of hydrogen-bond donors (Lipinski definition) is 0. The lowest BCUT2D eigenvalue weighted by Gasteiger charge is -2.12. The van der Waals surface area contributed by atoms with Gasteiger partial charge < -0.3 is 4.74 Å². The van der Waals surface area contributed by atoms with Gasteiger partial charge in [-0.05, 0) is 6.07 Å². The Morgan fingerprint density at radius 2 is 1.92 bits per heavy atom. The molecule has 0 radical (unpaired) electrons. The molecule has 0 bridgehead atoms. The minimum atomic E-state index is -4.20. The molecule has 4 heteroatoms. The van der Waals surface area contributed by atoms with E-state index in [1.54, 1.807) is 18.2 Å². The van der Waals surface area contributed by atoms with Crippen LogP contribution in [0.1, 0.15) is 11.5 Å². The monoisotopic (exact) mass is 188 g/mol. The molecular formula is C9H7F3O.